The van der Waals surface area contributed by atoms with Crippen LogP contribution in [0.5, 0.6) is 0 Å². The largest absolute Gasteiger partial charge is 0.393 e. The maximum atomic E-state index is 13.6. The number of carbonyl (C=O) groups is 2. The van der Waals surface area contributed by atoms with E-state index < -0.39 is 0 Å². The Morgan fingerprint density at radius 2 is 0.529 bits per heavy atom. The standard InChI is InChI=1S/C62H123N3O3/c1-5-9-13-17-21-27-34-42-55-64(56-43-35-28-22-18-14-10-6-2)61(67)47-39-32-26-25-31-33-41-53-63(59-49-51-60(66)52-50-59)54-46-38-40-48-62(68)65(57-44-36-29-23-19-15-11-7-3)58-45-37-30-24-20-16-12-8-4/h59-60,66H,5-58H2,1-4H3. The van der Waals surface area contributed by atoms with Crippen LogP contribution in [0.25, 0.3) is 0 Å². The van der Waals surface area contributed by atoms with Crippen LogP contribution in [-0.2, 0) is 9.59 Å². The third kappa shape index (κ3) is 40.5. The van der Waals surface area contributed by atoms with E-state index in [1.807, 2.05) is 0 Å². The number of hydrogen-bond acceptors (Lipinski definition) is 4. The molecule has 0 atom stereocenters. The summed E-state index contributed by atoms with van der Waals surface area (Å²) >= 11 is 0. The molecular weight excluding hydrogens is 835 g/mol. The summed E-state index contributed by atoms with van der Waals surface area (Å²) in [5.74, 6) is 0.828. The molecule has 0 aromatic rings. The number of unbranched alkanes of at least 4 members (excludes halogenated alkanes) is 36. The van der Waals surface area contributed by atoms with Crippen LogP contribution in [-0.4, -0.2) is 83.0 Å². The lowest BCUT2D eigenvalue weighted by atomic mass is 9.91. The van der Waals surface area contributed by atoms with Crippen molar-refractivity contribution in [2.75, 3.05) is 39.3 Å². The molecule has 1 rings (SSSR count). The molecule has 1 aliphatic carbocycles. The number of hydrogen-bond donors (Lipinski definition) is 1. The normalized spacial score (nSPS) is 15.1. The molecule has 404 valence electrons. The van der Waals surface area contributed by atoms with E-state index in [2.05, 4.69) is 42.4 Å². The zero-order valence-electron chi connectivity index (χ0n) is 46.9. The highest BCUT2D eigenvalue weighted by atomic mass is 16.3. The van der Waals surface area contributed by atoms with Gasteiger partial charge in [-0.15, -0.1) is 0 Å². The van der Waals surface area contributed by atoms with Crippen molar-refractivity contribution in [3.8, 4) is 0 Å². The fraction of sp³-hybridized carbons (Fsp3) is 0.968. The van der Waals surface area contributed by atoms with Crippen molar-refractivity contribution in [2.45, 2.75) is 348 Å². The van der Waals surface area contributed by atoms with Crippen molar-refractivity contribution in [3.05, 3.63) is 0 Å². The molecule has 0 spiro atoms. The lowest BCUT2D eigenvalue weighted by molar-refractivity contribution is -0.132. The highest BCUT2D eigenvalue weighted by Crippen LogP contribution is 2.25. The molecule has 1 N–H and O–H groups in total. The van der Waals surface area contributed by atoms with Gasteiger partial charge in [-0.3, -0.25) is 9.59 Å². The van der Waals surface area contributed by atoms with Gasteiger partial charge >= 0.3 is 0 Å². The summed E-state index contributed by atoms with van der Waals surface area (Å²) in [5, 5.41) is 10.3. The average molecular weight is 959 g/mol. The number of aliphatic hydroxyl groups excluding tert-OH is 1. The third-order valence-corrected chi connectivity index (χ3v) is 15.7. The minimum Gasteiger partial charge on any atom is -0.393 e. The van der Waals surface area contributed by atoms with Crippen LogP contribution in [0.15, 0.2) is 0 Å². The van der Waals surface area contributed by atoms with Crippen molar-refractivity contribution in [2.24, 2.45) is 0 Å². The zero-order chi connectivity index (χ0) is 49.2. The molecule has 1 aliphatic rings. The summed E-state index contributed by atoms with van der Waals surface area (Å²) in [7, 11) is 0. The van der Waals surface area contributed by atoms with Crippen LogP contribution in [0.1, 0.15) is 336 Å². The highest BCUT2D eigenvalue weighted by molar-refractivity contribution is 5.76. The van der Waals surface area contributed by atoms with E-state index in [-0.39, 0.29) is 6.10 Å². The predicted octanol–water partition coefficient (Wildman–Crippen LogP) is 18.5. The first-order chi connectivity index (χ1) is 33.5. The molecule has 0 bridgehead atoms. The molecule has 0 aromatic heterocycles. The Bertz CT molecular complexity index is 1010. The number of amides is 2. The first-order valence-electron chi connectivity index (χ1n) is 31.4. The molecule has 0 unspecified atom stereocenters. The Morgan fingerprint density at radius 1 is 0.309 bits per heavy atom. The van der Waals surface area contributed by atoms with E-state index >= 15 is 0 Å². The molecule has 0 heterocycles. The van der Waals surface area contributed by atoms with E-state index in [0.29, 0.717) is 24.3 Å². The summed E-state index contributed by atoms with van der Waals surface area (Å²) in [5.41, 5.74) is 0. The number of rotatable bonds is 53. The zero-order valence-corrected chi connectivity index (χ0v) is 46.9. The van der Waals surface area contributed by atoms with Crippen LogP contribution >= 0.6 is 0 Å². The number of nitrogens with zero attached hydrogens (tertiary/aromatic N) is 3. The highest BCUT2D eigenvalue weighted by Gasteiger charge is 2.24. The monoisotopic (exact) mass is 958 g/mol. The predicted molar refractivity (Wildman–Crippen MR) is 299 cm³/mol. The SMILES string of the molecule is CCCCCCCCCCN(CCCCCCCCCC)C(=O)CCCCCCCCCN(CCCCCC(=O)N(CCCCCCCCCC)CCCCCCCCCC)C1CCC(O)CC1. The quantitative estimate of drug-likeness (QED) is 0.0617. The van der Waals surface area contributed by atoms with E-state index in [0.717, 1.165) is 84.1 Å². The second-order valence-electron chi connectivity index (χ2n) is 22.2. The average Bonchev–Trinajstić information content (AvgIpc) is 3.34. The molecule has 68 heavy (non-hydrogen) atoms. The van der Waals surface area contributed by atoms with E-state index in [1.165, 1.54) is 257 Å². The molecular formula is C62H123N3O3. The Hall–Kier alpha value is -1.14. The summed E-state index contributed by atoms with van der Waals surface area (Å²) in [6.07, 6.45) is 59.7. The minimum absolute atomic E-state index is 0.109. The molecule has 0 aromatic carbocycles. The van der Waals surface area contributed by atoms with Crippen molar-refractivity contribution in [1.82, 2.24) is 14.7 Å². The Balaban J connectivity index is 2.44. The molecule has 0 saturated heterocycles. The summed E-state index contributed by atoms with van der Waals surface area (Å²) < 4.78 is 0. The van der Waals surface area contributed by atoms with Crippen LogP contribution in [0.2, 0.25) is 0 Å². The second-order valence-corrected chi connectivity index (χ2v) is 22.2. The molecule has 1 saturated carbocycles. The maximum absolute atomic E-state index is 13.6. The van der Waals surface area contributed by atoms with Gasteiger partial charge in [0.15, 0.2) is 0 Å². The Labute approximate surface area is 426 Å². The fourth-order valence-electron chi connectivity index (χ4n) is 10.9. The van der Waals surface area contributed by atoms with Gasteiger partial charge in [0.25, 0.3) is 0 Å². The Morgan fingerprint density at radius 3 is 0.809 bits per heavy atom. The van der Waals surface area contributed by atoms with Crippen LogP contribution < -0.4 is 0 Å². The van der Waals surface area contributed by atoms with Gasteiger partial charge in [0, 0.05) is 45.1 Å². The van der Waals surface area contributed by atoms with Gasteiger partial charge in [-0.25, -0.2) is 0 Å². The number of aliphatic hydroxyl groups is 1. The van der Waals surface area contributed by atoms with Gasteiger partial charge in [-0.2, -0.15) is 0 Å². The van der Waals surface area contributed by atoms with E-state index in [9.17, 15) is 14.7 Å². The number of carbonyl (C=O) groups excluding carboxylic acids is 2. The molecule has 6 heteroatoms. The van der Waals surface area contributed by atoms with Gasteiger partial charge in [0.05, 0.1) is 6.10 Å². The molecule has 2 amide bonds. The second kappa shape index (κ2) is 50.8. The van der Waals surface area contributed by atoms with E-state index in [4.69, 9.17) is 0 Å². The van der Waals surface area contributed by atoms with Crippen LogP contribution in [0, 0.1) is 0 Å². The first kappa shape index (κ1) is 64.9. The van der Waals surface area contributed by atoms with Crippen LogP contribution in [0.4, 0.5) is 0 Å². The van der Waals surface area contributed by atoms with Crippen molar-refractivity contribution in [1.29, 1.82) is 0 Å². The van der Waals surface area contributed by atoms with Crippen molar-refractivity contribution in [3.63, 3.8) is 0 Å². The topological polar surface area (TPSA) is 64.1 Å². The third-order valence-electron chi connectivity index (χ3n) is 15.7. The fourth-order valence-corrected chi connectivity index (χ4v) is 10.9. The summed E-state index contributed by atoms with van der Waals surface area (Å²) in [4.78, 5) is 34.3. The Kier molecular flexibility index (Phi) is 48.5. The van der Waals surface area contributed by atoms with Crippen molar-refractivity contribution < 1.29 is 14.7 Å². The molecule has 0 aliphatic heterocycles. The first-order valence-corrected chi connectivity index (χ1v) is 31.4. The lowest BCUT2D eigenvalue weighted by Gasteiger charge is -2.36. The van der Waals surface area contributed by atoms with Gasteiger partial charge < -0.3 is 19.8 Å². The molecule has 6 nitrogen and oxygen atoms in total. The maximum Gasteiger partial charge on any atom is 0.222 e. The molecule has 0 radical (unpaired) electrons. The lowest BCUT2D eigenvalue weighted by Crippen LogP contribution is -2.40. The van der Waals surface area contributed by atoms with Crippen LogP contribution in [0.3, 0.4) is 0 Å². The molecule has 1 fully saturated rings. The van der Waals surface area contributed by atoms with Gasteiger partial charge in [-0.05, 0) is 90.1 Å². The summed E-state index contributed by atoms with van der Waals surface area (Å²) in [6.45, 7) is 15.3. The summed E-state index contributed by atoms with van der Waals surface area (Å²) in [6, 6.07) is 0.608. The minimum atomic E-state index is -0.109. The van der Waals surface area contributed by atoms with Gasteiger partial charge in [0.2, 0.25) is 11.8 Å². The van der Waals surface area contributed by atoms with Gasteiger partial charge in [-0.1, -0.05) is 246 Å². The van der Waals surface area contributed by atoms with E-state index in [1.54, 1.807) is 0 Å². The van der Waals surface area contributed by atoms with Gasteiger partial charge in [0.1, 0.15) is 0 Å². The smallest absolute Gasteiger partial charge is 0.222 e. The van der Waals surface area contributed by atoms with Crippen molar-refractivity contribution >= 4 is 11.8 Å².